The highest BCUT2D eigenvalue weighted by Gasteiger charge is 2.15. The third kappa shape index (κ3) is 1.62. The van der Waals surface area contributed by atoms with Crippen LogP contribution >= 0.6 is 0 Å². The van der Waals surface area contributed by atoms with Gasteiger partial charge in [-0.05, 0) is 12.8 Å². The average Bonchev–Trinajstić information content (AvgIpc) is 2.60. The normalized spacial score (nSPS) is 15.5. The number of fused-ring (bicyclic) bond motifs is 1. The second-order valence-electron chi connectivity index (χ2n) is 4.27. The summed E-state index contributed by atoms with van der Waals surface area (Å²) in [5.41, 5.74) is 1.17. The molecule has 3 heteroatoms. The molecule has 3 nitrogen and oxygen atoms in total. The quantitative estimate of drug-likeness (QED) is 0.729. The van der Waals surface area contributed by atoms with Gasteiger partial charge in [0.1, 0.15) is 5.82 Å². The predicted octanol–water partition coefficient (Wildman–Crippen LogP) is 2.67. The van der Waals surface area contributed by atoms with E-state index in [1.54, 1.807) is 0 Å². The third-order valence-corrected chi connectivity index (χ3v) is 3.14. The van der Waals surface area contributed by atoms with Gasteiger partial charge >= 0.3 is 0 Å². The molecule has 82 valence electrons. The van der Waals surface area contributed by atoms with E-state index in [-0.39, 0.29) is 0 Å². The fraction of sp³-hybridized carbons (Fsp3) is 0.385. The third-order valence-electron chi connectivity index (χ3n) is 3.14. The van der Waals surface area contributed by atoms with Crippen molar-refractivity contribution in [2.24, 2.45) is 0 Å². The number of benzene rings is 1. The maximum absolute atomic E-state index is 4.32. The molecule has 0 fully saturated rings. The van der Waals surface area contributed by atoms with Crippen LogP contribution < -0.4 is 0 Å². The molecule has 1 aromatic heterocycles. The van der Waals surface area contributed by atoms with Gasteiger partial charge in [-0.1, -0.05) is 36.8 Å². The first-order valence-electron chi connectivity index (χ1n) is 5.92. The molecule has 1 aliphatic heterocycles. The molecule has 3 rings (SSSR count). The van der Waals surface area contributed by atoms with Crippen LogP contribution in [0.1, 0.15) is 25.1 Å². The summed E-state index contributed by atoms with van der Waals surface area (Å²) in [7, 11) is 0. The number of hydrogen-bond acceptors (Lipinski definition) is 2. The van der Waals surface area contributed by atoms with E-state index in [1.807, 2.05) is 18.2 Å². The number of nitrogens with zero attached hydrogens (tertiary/aromatic N) is 3. The molecule has 0 saturated heterocycles. The van der Waals surface area contributed by atoms with Gasteiger partial charge in [-0.15, -0.1) is 10.2 Å². The van der Waals surface area contributed by atoms with Crippen molar-refractivity contribution in [3.05, 3.63) is 36.2 Å². The van der Waals surface area contributed by atoms with Gasteiger partial charge in [0.15, 0.2) is 5.82 Å². The maximum atomic E-state index is 4.32. The fourth-order valence-electron chi connectivity index (χ4n) is 2.29. The van der Waals surface area contributed by atoms with Gasteiger partial charge in [-0.2, -0.15) is 0 Å². The van der Waals surface area contributed by atoms with Crippen LogP contribution in [0.4, 0.5) is 0 Å². The van der Waals surface area contributed by atoms with Gasteiger partial charge < -0.3 is 4.57 Å². The number of hydrogen-bond donors (Lipinski definition) is 0. The smallest absolute Gasteiger partial charge is 0.163 e. The summed E-state index contributed by atoms with van der Waals surface area (Å²) >= 11 is 0. The molecular weight excluding hydrogens is 198 g/mol. The Labute approximate surface area is 95.1 Å². The van der Waals surface area contributed by atoms with Crippen LogP contribution in [-0.4, -0.2) is 14.8 Å². The zero-order chi connectivity index (χ0) is 10.8. The Hall–Kier alpha value is -1.64. The van der Waals surface area contributed by atoms with Crippen LogP contribution in [0.3, 0.4) is 0 Å². The van der Waals surface area contributed by atoms with E-state index in [0.29, 0.717) is 0 Å². The second-order valence-corrected chi connectivity index (χ2v) is 4.27. The first kappa shape index (κ1) is 9.58. The van der Waals surface area contributed by atoms with E-state index in [4.69, 9.17) is 0 Å². The monoisotopic (exact) mass is 213 g/mol. The highest BCUT2D eigenvalue weighted by atomic mass is 15.3. The number of aryl methyl sites for hydroxylation is 1. The minimum atomic E-state index is 1.03. The van der Waals surface area contributed by atoms with Gasteiger partial charge in [0, 0.05) is 18.5 Å². The lowest BCUT2D eigenvalue weighted by molar-refractivity contribution is 0.636. The molecule has 0 atom stereocenters. The highest BCUT2D eigenvalue weighted by molar-refractivity contribution is 5.54. The lowest BCUT2D eigenvalue weighted by Crippen LogP contribution is -2.02. The predicted molar refractivity (Wildman–Crippen MR) is 63.0 cm³/mol. The van der Waals surface area contributed by atoms with Crippen molar-refractivity contribution in [3.63, 3.8) is 0 Å². The summed E-state index contributed by atoms with van der Waals surface area (Å²) in [6, 6.07) is 10.3. The molecule has 0 spiro atoms. The van der Waals surface area contributed by atoms with Gasteiger partial charge in [-0.25, -0.2) is 0 Å². The molecule has 0 amide bonds. The molecule has 2 heterocycles. The average molecular weight is 213 g/mol. The Morgan fingerprint density at radius 3 is 2.69 bits per heavy atom. The van der Waals surface area contributed by atoms with Crippen LogP contribution in [0.2, 0.25) is 0 Å². The zero-order valence-corrected chi connectivity index (χ0v) is 9.26. The molecule has 0 aliphatic carbocycles. The van der Waals surface area contributed by atoms with Crippen molar-refractivity contribution in [2.75, 3.05) is 0 Å². The first-order valence-corrected chi connectivity index (χ1v) is 5.92. The SMILES string of the molecule is c1ccc(-c2nnc3n2CCCCC3)cc1. The van der Waals surface area contributed by atoms with Gasteiger partial charge in [0.25, 0.3) is 0 Å². The van der Waals surface area contributed by atoms with Crippen LogP contribution in [0.15, 0.2) is 30.3 Å². The van der Waals surface area contributed by atoms with E-state index >= 15 is 0 Å². The molecule has 1 aliphatic rings. The first-order chi connectivity index (χ1) is 7.95. The van der Waals surface area contributed by atoms with Crippen molar-refractivity contribution in [1.29, 1.82) is 0 Å². The van der Waals surface area contributed by atoms with Gasteiger partial charge in [0.2, 0.25) is 0 Å². The topological polar surface area (TPSA) is 30.7 Å². The molecule has 0 saturated carbocycles. The summed E-state index contributed by atoms with van der Waals surface area (Å²) < 4.78 is 2.28. The van der Waals surface area contributed by atoms with E-state index in [2.05, 4.69) is 26.9 Å². The molecule has 2 aromatic rings. The summed E-state index contributed by atoms with van der Waals surface area (Å²) in [6.45, 7) is 1.06. The van der Waals surface area contributed by atoms with Crippen molar-refractivity contribution in [3.8, 4) is 11.4 Å². The van der Waals surface area contributed by atoms with Crippen LogP contribution in [0.5, 0.6) is 0 Å². The van der Waals surface area contributed by atoms with Crippen LogP contribution in [-0.2, 0) is 13.0 Å². The Bertz CT molecular complexity index is 473. The highest BCUT2D eigenvalue weighted by Crippen LogP contribution is 2.21. The van der Waals surface area contributed by atoms with E-state index < -0.39 is 0 Å². The van der Waals surface area contributed by atoms with Crippen LogP contribution in [0.25, 0.3) is 11.4 Å². The van der Waals surface area contributed by atoms with Crippen molar-refractivity contribution < 1.29 is 0 Å². The minimum Gasteiger partial charge on any atom is -0.311 e. The minimum absolute atomic E-state index is 1.03. The summed E-state index contributed by atoms with van der Waals surface area (Å²) in [6.07, 6.45) is 4.86. The summed E-state index contributed by atoms with van der Waals surface area (Å²) in [5.74, 6) is 2.17. The molecule has 16 heavy (non-hydrogen) atoms. The summed E-state index contributed by atoms with van der Waals surface area (Å²) in [4.78, 5) is 0. The van der Waals surface area contributed by atoms with Crippen LogP contribution in [0, 0.1) is 0 Å². The molecule has 0 bridgehead atoms. The number of rotatable bonds is 1. The summed E-state index contributed by atoms with van der Waals surface area (Å²) in [5, 5.41) is 8.63. The molecule has 0 unspecified atom stereocenters. The van der Waals surface area contributed by atoms with Crippen molar-refractivity contribution >= 4 is 0 Å². The molecule has 0 N–H and O–H groups in total. The van der Waals surface area contributed by atoms with Gasteiger partial charge in [0.05, 0.1) is 0 Å². The molecule has 0 radical (unpaired) electrons. The molecule has 1 aromatic carbocycles. The Balaban J connectivity index is 2.06. The standard InChI is InChI=1S/C13H15N3/c1-3-7-11(8-4-1)13-15-14-12-9-5-2-6-10-16(12)13/h1,3-4,7-8H,2,5-6,9-10H2. The largest absolute Gasteiger partial charge is 0.311 e. The van der Waals surface area contributed by atoms with Gasteiger partial charge in [-0.3, -0.25) is 0 Å². The molecular formula is C13H15N3. The Kier molecular flexibility index (Phi) is 2.44. The maximum Gasteiger partial charge on any atom is 0.163 e. The lowest BCUT2D eigenvalue weighted by Gasteiger charge is -2.06. The lowest BCUT2D eigenvalue weighted by atomic mass is 10.2. The van der Waals surface area contributed by atoms with E-state index in [1.165, 1.54) is 24.8 Å². The number of aromatic nitrogens is 3. The fourth-order valence-corrected chi connectivity index (χ4v) is 2.29. The Morgan fingerprint density at radius 1 is 0.938 bits per heavy atom. The second kappa shape index (κ2) is 4.08. The van der Waals surface area contributed by atoms with E-state index in [9.17, 15) is 0 Å². The Morgan fingerprint density at radius 2 is 1.81 bits per heavy atom. The van der Waals surface area contributed by atoms with E-state index in [0.717, 1.165) is 24.6 Å². The van der Waals surface area contributed by atoms with Crippen molar-refractivity contribution in [1.82, 2.24) is 14.8 Å². The zero-order valence-electron chi connectivity index (χ0n) is 9.26. The van der Waals surface area contributed by atoms with Crippen molar-refractivity contribution in [2.45, 2.75) is 32.2 Å².